The predicted molar refractivity (Wildman–Crippen MR) is 113 cm³/mol. The average Bonchev–Trinajstić information content (AvgIpc) is 2.80. The highest BCUT2D eigenvalue weighted by Crippen LogP contribution is 2.61. The van der Waals surface area contributed by atoms with Crippen molar-refractivity contribution in [1.29, 1.82) is 0 Å². The maximum Gasteiger partial charge on any atom is 0.327 e. The maximum atomic E-state index is 13.5. The van der Waals surface area contributed by atoms with Gasteiger partial charge >= 0.3 is 5.97 Å². The highest BCUT2D eigenvalue weighted by Gasteiger charge is 2.72. The first-order chi connectivity index (χ1) is 14.3. The minimum atomic E-state index is -0.974. The fraction of sp³-hybridized carbons (Fsp3) is 0.0741. The van der Waals surface area contributed by atoms with Gasteiger partial charge in [0.15, 0.2) is 11.0 Å². The van der Waals surface area contributed by atoms with Crippen LogP contribution in [0.3, 0.4) is 0 Å². The Balaban J connectivity index is 1.91. The van der Waals surface area contributed by atoms with E-state index in [-0.39, 0.29) is 5.97 Å². The van der Waals surface area contributed by atoms with Crippen molar-refractivity contribution in [3.63, 3.8) is 0 Å². The summed E-state index contributed by atoms with van der Waals surface area (Å²) in [6.45, 7) is 0. The highest BCUT2D eigenvalue weighted by atomic mass is 16.6. The summed E-state index contributed by atoms with van der Waals surface area (Å²) in [6.07, 6.45) is 0. The number of rotatable bonds is 4. The van der Waals surface area contributed by atoms with Gasteiger partial charge in [-0.05, 0) is 11.1 Å². The molecule has 1 heterocycles. The third-order valence-electron chi connectivity index (χ3n) is 5.85. The van der Waals surface area contributed by atoms with E-state index in [1.807, 2.05) is 121 Å². The van der Waals surface area contributed by atoms with E-state index in [1.165, 1.54) is 0 Å². The zero-order chi connectivity index (χ0) is 19.7. The molecule has 1 aliphatic heterocycles. The number of benzene rings is 4. The normalized spacial score (nSPS) is 16.5. The molecule has 0 amide bonds. The van der Waals surface area contributed by atoms with Crippen LogP contribution in [0.15, 0.2) is 121 Å². The van der Waals surface area contributed by atoms with Crippen LogP contribution in [0.1, 0.15) is 22.3 Å². The van der Waals surface area contributed by atoms with E-state index in [9.17, 15) is 4.79 Å². The molecule has 4 aromatic rings. The quantitative estimate of drug-likeness (QED) is 0.441. The van der Waals surface area contributed by atoms with Crippen LogP contribution in [0, 0.1) is 0 Å². The van der Waals surface area contributed by atoms with Crippen LogP contribution in [-0.2, 0) is 20.5 Å². The Hall–Kier alpha value is -3.65. The fourth-order valence-corrected chi connectivity index (χ4v) is 4.64. The Labute approximate surface area is 170 Å². The molecule has 0 atom stereocenters. The van der Waals surface area contributed by atoms with Crippen LogP contribution in [0.4, 0.5) is 0 Å². The molecule has 1 saturated heterocycles. The number of esters is 1. The zero-order valence-electron chi connectivity index (χ0n) is 15.9. The first kappa shape index (κ1) is 17.4. The third-order valence-corrected chi connectivity index (χ3v) is 5.85. The van der Waals surface area contributed by atoms with Gasteiger partial charge in [-0.25, -0.2) is 0 Å². The average molecular weight is 376 g/mol. The lowest BCUT2D eigenvalue weighted by Crippen LogP contribution is -2.68. The maximum absolute atomic E-state index is 13.5. The van der Waals surface area contributed by atoms with E-state index in [4.69, 9.17) is 4.74 Å². The Morgan fingerprint density at radius 1 is 0.448 bits per heavy atom. The van der Waals surface area contributed by atoms with Crippen molar-refractivity contribution < 1.29 is 9.53 Å². The molecule has 5 rings (SSSR count). The minimum absolute atomic E-state index is 0.234. The number of hydrogen-bond acceptors (Lipinski definition) is 2. The van der Waals surface area contributed by atoms with Crippen molar-refractivity contribution in [2.45, 2.75) is 11.0 Å². The Bertz CT molecular complexity index is 1040. The van der Waals surface area contributed by atoms with Gasteiger partial charge in [-0.15, -0.1) is 0 Å². The summed E-state index contributed by atoms with van der Waals surface area (Å²) in [5.74, 6) is -0.234. The van der Waals surface area contributed by atoms with Crippen molar-refractivity contribution in [2.24, 2.45) is 0 Å². The molecule has 0 N–H and O–H groups in total. The van der Waals surface area contributed by atoms with Crippen LogP contribution in [0.2, 0.25) is 0 Å². The summed E-state index contributed by atoms with van der Waals surface area (Å²) in [6, 6.07) is 40.0. The second kappa shape index (κ2) is 6.75. The summed E-state index contributed by atoms with van der Waals surface area (Å²) in [7, 11) is 0. The van der Waals surface area contributed by atoms with Gasteiger partial charge in [0.2, 0.25) is 0 Å². The van der Waals surface area contributed by atoms with Crippen molar-refractivity contribution in [3.05, 3.63) is 144 Å². The smallest absolute Gasteiger partial charge is 0.327 e. The molecule has 0 saturated carbocycles. The van der Waals surface area contributed by atoms with Crippen molar-refractivity contribution in [1.82, 2.24) is 0 Å². The van der Waals surface area contributed by atoms with Gasteiger partial charge in [-0.2, -0.15) is 0 Å². The third kappa shape index (κ3) is 2.32. The van der Waals surface area contributed by atoms with E-state index in [1.54, 1.807) is 0 Å². The van der Waals surface area contributed by atoms with E-state index >= 15 is 0 Å². The van der Waals surface area contributed by atoms with Gasteiger partial charge in [0, 0.05) is 11.1 Å². The summed E-state index contributed by atoms with van der Waals surface area (Å²) in [4.78, 5) is 13.5. The zero-order valence-corrected chi connectivity index (χ0v) is 15.9. The SMILES string of the molecule is O=C1OC(c2ccccc2)(c2ccccc2)C1(c1ccccc1)c1ccccc1. The predicted octanol–water partition coefficient (Wildman–Crippen LogP) is 5.47. The lowest BCUT2D eigenvalue weighted by Gasteiger charge is -2.57. The van der Waals surface area contributed by atoms with Crippen LogP contribution in [0.5, 0.6) is 0 Å². The molecule has 0 spiro atoms. The molecule has 0 unspecified atom stereocenters. The molecule has 4 aromatic carbocycles. The van der Waals surface area contributed by atoms with Crippen LogP contribution >= 0.6 is 0 Å². The van der Waals surface area contributed by atoms with Crippen molar-refractivity contribution in [2.75, 3.05) is 0 Å². The Morgan fingerprint density at radius 3 is 1.07 bits per heavy atom. The largest absolute Gasteiger partial charge is 0.446 e. The molecule has 29 heavy (non-hydrogen) atoms. The van der Waals surface area contributed by atoms with Gasteiger partial charge < -0.3 is 4.74 Å². The van der Waals surface area contributed by atoms with Crippen LogP contribution in [0.25, 0.3) is 0 Å². The van der Waals surface area contributed by atoms with Gasteiger partial charge in [0.25, 0.3) is 0 Å². The van der Waals surface area contributed by atoms with Crippen LogP contribution < -0.4 is 0 Å². The first-order valence-corrected chi connectivity index (χ1v) is 9.76. The monoisotopic (exact) mass is 376 g/mol. The van der Waals surface area contributed by atoms with Crippen molar-refractivity contribution in [3.8, 4) is 0 Å². The number of carbonyl (C=O) groups is 1. The minimum Gasteiger partial charge on any atom is -0.446 e. The van der Waals surface area contributed by atoms with E-state index in [2.05, 4.69) is 0 Å². The molecule has 0 bridgehead atoms. The van der Waals surface area contributed by atoms with Gasteiger partial charge in [0.1, 0.15) is 0 Å². The first-order valence-electron chi connectivity index (χ1n) is 9.76. The molecular weight excluding hydrogens is 356 g/mol. The van der Waals surface area contributed by atoms with E-state index < -0.39 is 11.0 Å². The summed E-state index contributed by atoms with van der Waals surface area (Å²) >= 11 is 0. The Kier molecular flexibility index (Phi) is 4.06. The molecule has 0 radical (unpaired) electrons. The van der Waals surface area contributed by atoms with Crippen LogP contribution in [-0.4, -0.2) is 5.97 Å². The number of hydrogen-bond donors (Lipinski definition) is 0. The molecule has 2 nitrogen and oxygen atoms in total. The summed E-state index contributed by atoms with van der Waals surface area (Å²) in [5.41, 5.74) is 1.84. The Morgan fingerprint density at radius 2 is 0.759 bits per heavy atom. The summed E-state index contributed by atoms with van der Waals surface area (Å²) < 4.78 is 6.18. The standard InChI is InChI=1S/C27H20O2/c28-25-26(21-13-5-1-6-14-21,22-15-7-2-8-16-22)27(29-25,23-17-9-3-10-18-23)24-19-11-4-12-20-24/h1-20H. The van der Waals surface area contributed by atoms with Gasteiger partial charge in [-0.1, -0.05) is 121 Å². The second-order valence-electron chi connectivity index (χ2n) is 7.28. The van der Waals surface area contributed by atoms with Crippen molar-refractivity contribution >= 4 is 5.97 Å². The molecular formula is C27H20O2. The summed E-state index contributed by atoms with van der Waals surface area (Å²) in [5, 5.41) is 0. The molecule has 0 aliphatic carbocycles. The second-order valence-corrected chi connectivity index (χ2v) is 7.28. The molecule has 1 fully saturated rings. The van der Waals surface area contributed by atoms with Gasteiger partial charge in [-0.3, -0.25) is 4.79 Å². The van der Waals surface area contributed by atoms with E-state index in [0.717, 1.165) is 22.3 Å². The number of ether oxygens (including phenoxy) is 1. The lowest BCUT2D eigenvalue weighted by molar-refractivity contribution is -0.208. The molecule has 2 heteroatoms. The van der Waals surface area contributed by atoms with E-state index in [0.29, 0.717) is 0 Å². The molecule has 1 aliphatic rings. The number of carbonyl (C=O) groups excluding carboxylic acids is 1. The highest BCUT2D eigenvalue weighted by molar-refractivity contribution is 5.97. The topological polar surface area (TPSA) is 26.3 Å². The molecule has 0 aromatic heterocycles. The lowest BCUT2D eigenvalue weighted by atomic mass is 9.54. The number of cyclic esters (lactones) is 1. The fourth-order valence-electron chi connectivity index (χ4n) is 4.64. The van der Waals surface area contributed by atoms with Gasteiger partial charge in [0.05, 0.1) is 0 Å². The molecule has 140 valence electrons.